The van der Waals surface area contributed by atoms with E-state index in [1.807, 2.05) is 48.7 Å². The van der Waals surface area contributed by atoms with Crippen LogP contribution in [0.3, 0.4) is 0 Å². The summed E-state index contributed by atoms with van der Waals surface area (Å²) >= 11 is 5.99. The van der Waals surface area contributed by atoms with E-state index in [2.05, 4.69) is 10.3 Å². The number of amides is 1. The summed E-state index contributed by atoms with van der Waals surface area (Å²) in [5.74, 6) is -0.0827. The van der Waals surface area contributed by atoms with Crippen LogP contribution in [0.1, 0.15) is 15.9 Å². The molecular formula is C19H17ClN2OS2. The number of hydrogen-bond donors (Lipinski definition) is 1. The van der Waals surface area contributed by atoms with Crippen molar-refractivity contribution in [1.82, 2.24) is 10.3 Å². The molecule has 128 valence electrons. The number of halogens is 1. The molecule has 2 aromatic carbocycles. The molecule has 1 aromatic heterocycles. The molecule has 25 heavy (non-hydrogen) atoms. The Labute approximate surface area is 160 Å². The lowest BCUT2D eigenvalue weighted by atomic mass is 10.1. The fourth-order valence-corrected chi connectivity index (χ4v) is 4.32. The summed E-state index contributed by atoms with van der Waals surface area (Å²) < 4.78 is 0. The summed E-state index contributed by atoms with van der Waals surface area (Å²) in [6.45, 7) is 0.558. The van der Waals surface area contributed by atoms with Crippen molar-refractivity contribution in [1.29, 1.82) is 0 Å². The second kappa shape index (κ2) is 8.61. The van der Waals surface area contributed by atoms with Crippen LogP contribution in [0.25, 0.3) is 10.9 Å². The number of hydrogen-bond acceptors (Lipinski definition) is 4. The first-order valence-electron chi connectivity index (χ1n) is 7.80. The lowest BCUT2D eigenvalue weighted by Crippen LogP contribution is -2.26. The van der Waals surface area contributed by atoms with Gasteiger partial charge in [0.2, 0.25) is 0 Å². The predicted octanol–water partition coefficient (Wildman–Crippen LogP) is 5.23. The minimum atomic E-state index is -0.0827. The van der Waals surface area contributed by atoms with Crippen molar-refractivity contribution >= 4 is 50.0 Å². The van der Waals surface area contributed by atoms with Crippen LogP contribution in [0.4, 0.5) is 0 Å². The SMILES string of the molecule is CSSc1cccc2c(C(=O)NCCc3cccc(Cl)c3)ccnc12. The number of carbonyl (C=O) groups excluding carboxylic acids is 1. The van der Waals surface area contributed by atoms with E-state index in [4.69, 9.17) is 11.6 Å². The quantitative estimate of drug-likeness (QED) is 0.587. The highest BCUT2D eigenvalue weighted by Gasteiger charge is 2.12. The Morgan fingerprint density at radius 3 is 2.84 bits per heavy atom. The largest absolute Gasteiger partial charge is 0.352 e. The Hall–Kier alpha value is -1.69. The molecule has 0 unspecified atom stereocenters. The zero-order valence-electron chi connectivity index (χ0n) is 13.7. The monoisotopic (exact) mass is 388 g/mol. The van der Waals surface area contributed by atoms with Crippen molar-refractivity contribution in [2.45, 2.75) is 11.3 Å². The van der Waals surface area contributed by atoms with Crippen LogP contribution in [-0.2, 0) is 6.42 Å². The third-order valence-electron chi connectivity index (χ3n) is 3.74. The van der Waals surface area contributed by atoms with E-state index in [1.54, 1.807) is 33.9 Å². The second-order valence-corrected chi connectivity index (χ2v) is 8.27. The minimum absolute atomic E-state index is 0.0827. The van der Waals surface area contributed by atoms with Crippen LogP contribution in [0, 0.1) is 0 Å². The molecular weight excluding hydrogens is 372 g/mol. The molecule has 1 heterocycles. The van der Waals surface area contributed by atoms with E-state index in [1.165, 1.54) is 0 Å². The summed E-state index contributed by atoms with van der Waals surface area (Å²) in [4.78, 5) is 18.1. The number of pyridine rings is 1. The number of rotatable bonds is 6. The van der Waals surface area contributed by atoms with Crippen LogP contribution in [0.15, 0.2) is 59.6 Å². The van der Waals surface area contributed by atoms with Crippen molar-refractivity contribution in [3.8, 4) is 0 Å². The van der Waals surface area contributed by atoms with Crippen molar-refractivity contribution < 1.29 is 4.79 Å². The van der Waals surface area contributed by atoms with Gasteiger partial charge in [0.15, 0.2) is 0 Å². The smallest absolute Gasteiger partial charge is 0.252 e. The Morgan fingerprint density at radius 2 is 2.04 bits per heavy atom. The fraction of sp³-hybridized carbons (Fsp3) is 0.158. The predicted molar refractivity (Wildman–Crippen MR) is 109 cm³/mol. The van der Waals surface area contributed by atoms with Gasteiger partial charge in [-0.25, -0.2) is 0 Å². The zero-order chi connectivity index (χ0) is 17.6. The van der Waals surface area contributed by atoms with Crippen molar-refractivity contribution in [3.63, 3.8) is 0 Å². The molecule has 0 fully saturated rings. The molecule has 3 rings (SSSR count). The first-order valence-corrected chi connectivity index (χ1v) is 10.7. The molecule has 3 nitrogen and oxygen atoms in total. The Balaban J connectivity index is 1.75. The molecule has 1 N–H and O–H groups in total. The maximum atomic E-state index is 12.6. The molecule has 0 spiro atoms. The van der Waals surface area contributed by atoms with Gasteiger partial charge in [0.1, 0.15) is 0 Å². The van der Waals surface area contributed by atoms with Crippen molar-refractivity contribution in [3.05, 3.63) is 70.9 Å². The number of para-hydroxylation sites is 1. The Bertz CT molecular complexity index is 901. The first-order chi connectivity index (χ1) is 12.2. The number of benzene rings is 2. The van der Waals surface area contributed by atoms with Gasteiger partial charge in [0.25, 0.3) is 5.91 Å². The summed E-state index contributed by atoms with van der Waals surface area (Å²) in [5, 5.41) is 4.58. The molecule has 0 radical (unpaired) electrons. The summed E-state index contributed by atoms with van der Waals surface area (Å²) in [6.07, 6.45) is 4.46. The van der Waals surface area contributed by atoms with E-state index >= 15 is 0 Å². The van der Waals surface area contributed by atoms with Crippen LogP contribution >= 0.6 is 33.2 Å². The van der Waals surface area contributed by atoms with E-state index in [0.29, 0.717) is 17.1 Å². The molecule has 0 saturated heterocycles. The summed E-state index contributed by atoms with van der Waals surface area (Å²) in [5.41, 5.74) is 2.62. The number of aromatic nitrogens is 1. The lowest BCUT2D eigenvalue weighted by molar-refractivity contribution is 0.0955. The second-order valence-electron chi connectivity index (χ2n) is 5.40. The Kier molecular flexibility index (Phi) is 6.24. The van der Waals surface area contributed by atoms with E-state index in [0.717, 1.165) is 27.8 Å². The van der Waals surface area contributed by atoms with Crippen molar-refractivity contribution in [2.75, 3.05) is 12.8 Å². The number of fused-ring (bicyclic) bond motifs is 1. The molecule has 3 aromatic rings. The Morgan fingerprint density at radius 1 is 1.20 bits per heavy atom. The van der Waals surface area contributed by atoms with E-state index in [-0.39, 0.29) is 5.91 Å². The topological polar surface area (TPSA) is 42.0 Å². The number of carbonyl (C=O) groups is 1. The third-order valence-corrected chi connectivity index (χ3v) is 5.69. The molecule has 0 saturated carbocycles. The van der Waals surface area contributed by atoms with Gasteiger partial charge in [-0.15, -0.1) is 0 Å². The zero-order valence-corrected chi connectivity index (χ0v) is 16.0. The van der Waals surface area contributed by atoms with Gasteiger partial charge in [-0.05, 0) is 42.5 Å². The maximum Gasteiger partial charge on any atom is 0.252 e. The van der Waals surface area contributed by atoms with Crippen LogP contribution in [0.5, 0.6) is 0 Å². The molecule has 0 atom stereocenters. The summed E-state index contributed by atoms with van der Waals surface area (Å²) in [7, 11) is 3.31. The van der Waals surface area contributed by atoms with Gasteiger partial charge in [0.05, 0.1) is 11.1 Å². The molecule has 0 bridgehead atoms. The third kappa shape index (κ3) is 4.48. The van der Waals surface area contributed by atoms with Crippen LogP contribution in [0.2, 0.25) is 5.02 Å². The van der Waals surface area contributed by atoms with Gasteiger partial charge in [0, 0.05) is 28.0 Å². The average molecular weight is 389 g/mol. The molecule has 0 aliphatic heterocycles. The lowest BCUT2D eigenvalue weighted by Gasteiger charge is -2.10. The van der Waals surface area contributed by atoms with Gasteiger partial charge in [-0.2, -0.15) is 0 Å². The normalized spacial score (nSPS) is 10.8. The standard InChI is InChI=1S/C19H17ClN2OS2/c1-24-25-17-7-3-6-15-16(9-11-21-18(15)17)19(23)22-10-8-13-4-2-5-14(20)12-13/h2-7,9,11-12H,8,10H2,1H3,(H,22,23). The number of nitrogens with one attached hydrogen (secondary N) is 1. The summed E-state index contributed by atoms with van der Waals surface area (Å²) in [6, 6.07) is 15.4. The minimum Gasteiger partial charge on any atom is -0.352 e. The van der Waals surface area contributed by atoms with Crippen LogP contribution < -0.4 is 5.32 Å². The molecule has 1 amide bonds. The highest BCUT2D eigenvalue weighted by molar-refractivity contribution is 8.76. The van der Waals surface area contributed by atoms with E-state index in [9.17, 15) is 4.79 Å². The molecule has 0 aliphatic carbocycles. The first kappa shape index (κ1) is 18.1. The van der Waals surface area contributed by atoms with Gasteiger partial charge in [-0.1, -0.05) is 57.5 Å². The van der Waals surface area contributed by atoms with Gasteiger partial charge >= 0.3 is 0 Å². The van der Waals surface area contributed by atoms with Gasteiger partial charge < -0.3 is 5.32 Å². The molecule has 0 aliphatic rings. The highest BCUT2D eigenvalue weighted by Crippen LogP contribution is 2.34. The maximum absolute atomic E-state index is 12.6. The van der Waals surface area contributed by atoms with Crippen LogP contribution in [-0.4, -0.2) is 23.7 Å². The van der Waals surface area contributed by atoms with Crippen molar-refractivity contribution in [2.24, 2.45) is 0 Å². The van der Waals surface area contributed by atoms with E-state index < -0.39 is 0 Å². The average Bonchev–Trinajstić information content (AvgIpc) is 2.62. The van der Waals surface area contributed by atoms with Gasteiger partial charge in [-0.3, -0.25) is 9.78 Å². The number of nitrogens with zero attached hydrogens (tertiary/aromatic N) is 1. The highest BCUT2D eigenvalue weighted by atomic mass is 35.5. The molecule has 6 heteroatoms. The fourth-order valence-electron chi connectivity index (χ4n) is 2.61.